The van der Waals surface area contributed by atoms with Crippen LogP contribution in [0, 0.1) is 5.41 Å². The number of hydrogen-bond acceptors (Lipinski definition) is 1. The van der Waals surface area contributed by atoms with Gasteiger partial charge in [-0.3, -0.25) is 4.79 Å². The standard InChI is InChI=1S/C12H22O/c1-3-4-8-12(2)9-6-5-7-11(13)10-12/h3-10H2,1-2H3/t12-/m1/s1. The molecular formula is C12H22O. The Hall–Kier alpha value is -0.330. The molecule has 1 atom stereocenters. The lowest BCUT2D eigenvalue weighted by Gasteiger charge is -2.27. The van der Waals surface area contributed by atoms with Crippen molar-refractivity contribution in [1.29, 1.82) is 0 Å². The molecule has 0 aliphatic heterocycles. The van der Waals surface area contributed by atoms with Crippen molar-refractivity contribution in [2.45, 2.75) is 65.2 Å². The van der Waals surface area contributed by atoms with Crippen molar-refractivity contribution >= 4 is 5.78 Å². The Bertz CT molecular complexity index is 174. The van der Waals surface area contributed by atoms with Crippen molar-refractivity contribution in [2.75, 3.05) is 0 Å². The lowest BCUT2D eigenvalue weighted by atomic mass is 9.78. The van der Waals surface area contributed by atoms with E-state index in [1.54, 1.807) is 0 Å². The summed E-state index contributed by atoms with van der Waals surface area (Å²) >= 11 is 0. The van der Waals surface area contributed by atoms with Gasteiger partial charge in [-0.05, 0) is 24.7 Å². The molecule has 0 bridgehead atoms. The SMILES string of the molecule is CCCC[C@]1(C)CCCCC(=O)C1. The predicted octanol–water partition coefficient (Wildman–Crippen LogP) is 3.72. The first-order valence-corrected chi connectivity index (χ1v) is 5.68. The molecule has 1 aliphatic rings. The van der Waals surface area contributed by atoms with E-state index in [0.29, 0.717) is 11.2 Å². The highest BCUT2D eigenvalue weighted by Gasteiger charge is 2.28. The quantitative estimate of drug-likeness (QED) is 0.608. The van der Waals surface area contributed by atoms with Gasteiger partial charge in [0.1, 0.15) is 5.78 Å². The second-order valence-corrected chi connectivity index (χ2v) is 4.84. The van der Waals surface area contributed by atoms with Gasteiger partial charge in [0, 0.05) is 12.8 Å². The van der Waals surface area contributed by atoms with Crippen molar-refractivity contribution in [2.24, 2.45) is 5.41 Å². The van der Waals surface area contributed by atoms with Crippen LogP contribution in [0.15, 0.2) is 0 Å². The Labute approximate surface area is 81.9 Å². The molecule has 0 saturated heterocycles. The van der Waals surface area contributed by atoms with E-state index >= 15 is 0 Å². The van der Waals surface area contributed by atoms with Crippen LogP contribution < -0.4 is 0 Å². The lowest BCUT2D eigenvalue weighted by Crippen LogP contribution is -2.18. The molecule has 0 heterocycles. The summed E-state index contributed by atoms with van der Waals surface area (Å²) in [6.45, 7) is 4.52. The van der Waals surface area contributed by atoms with Crippen LogP contribution in [0.3, 0.4) is 0 Å². The van der Waals surface area contributed by atoms with E-state index in [4.69, 9.17) is 0 Å². The second kappa shape index (κ2) is 4.78. The van der Waals surface area contributed by atoms with Crippen LogP contribution in [0.4, 0.5) is 0 Å². The lowest BCUT2D eigenvalue weighted by molar-refractivity contribution is -0.120. The van der Waals surface area contributed by atoms with Crippen molar-refractivity contribution in [3.63, 3.8) is 0 Å². The zero-order chi connectivity index (χ0) is 9.73. The molecule has 1 heteroatoms. The van der Waals surface area contributed by atoms with E-state index in [1.807, 2.05) is 0 Å². The first kappa shape index (κ1) is 10.7. The van der Waals surface area contributed by atoms with Gasteiger partial charge in [-0.15, -0.1) is 0 Å². The third-order valence-corrected chi connectivity index (χ3v) is 3.24. The van der Waals surface area contributed by atoms with Crippen LogP contribution in [0.2, 0.25) is 0 Å². The smallest absolute Gasteiger partial charge is 0.133 e. The molecule has 1 fully saturated rings. The first-order chi connectivity index (χ1) is 6.16. The summed E-state index contributed by atoms with van der Waals surface area (Å²) in [6.07, 6.45) is 9.10. The Morgan fingerprint density at radius 1 is 1.38 bits per heavy atom. The highest BCUT2D eigenvalue weighted by Crippen LogP contribution is 2.37. The number of carbonyl (C=O) groups is 1. The molecule has 0 aromatic rings. The van der Waals surface area contributed by atoms with Crippen LogP contribution in [-0.2, 0) is 4.79 Å². The van der Waals surface area contributed by atoms with Crippen molar-refractivity contribution in [3.05, 3.63) is 0 Å². The monoisotopic (exact) mass is 182 g/mol. The van der Waals surface area contributed by atoms with E-state index in [9.17, 15) is 4.79 Å². The summed E-state index contributed by atoms with van der Waals surface area (Å²) in [5, 5.41) is 0. The molecule has 0 unspecified atom stereocenters. The minimum absolute atomic E-state index is 0.337. The molecule has 76 valence electrons. The van der Waals surface area contributed by atoms with Gasteiger partial charge in [0.25, 0.3) is 0 Å². The molecule has 0 aromatic carbocycles. The number of hydrogen-bond donors (Lipinski definition) is 0. The topological polar surface area (TPSA) is 17.1 Å². The normalized spacial score (nSPS) is 30.2. The average Bonchev–Trinajstić information content (AvgIpc) is 2.24. The number of rotatable bonds is 3. The first-order valence-electron chi connectivity index (χ1n) is 5.68. The van der Waals surface area contributed by atoms with E-state index in [1.165, 1.54) is 32.1 Å². The summed E-state index contributed by atoms with van der Waals surface area (Å²) in [5.41, 5.74) is 0.337. The van der Waals surface area contributed by atoms with Crippen LogP contribution in [0.1, 0.15) is 65.2 Å². The Kier molecular flexibility index (Phi) is 3.95. The molecule has 1 saturated carbocycles. The van der Waals surface area contributed by atoms with Gasteiger partial charge >= 0.3 is 0 Å². The van der Waals surface area contributed by atoms with Gasteiger partial charge < -0.3 is 0 Å². The Morgan fingerprint density at radius 2 is 2.15 bits per heavy atom. The highest BCUT2D eigenvalue weighted by molar-refractivity contribution is 5.79. The number of carbonyl (C=O) groups excluding carboxylic acids is 1. The largest absolute Gasteiger partial charge is 0.300 e. The molecule has 0 radical (unpaired) electrons. The fourth-order valence-corrected chi connectivity index (χ4v) is 2.34. The molecule has 0 N–H and O–H groups in total. The van der Waals surface area contributed by atoms with Gasteiger partial charge in [0.05, 0.1) is 0 Å². The van der Waals surface area contributed by atoms with E-state index in [-0.39, 0.29) is 0 Å². The van der Waals surface area contributed by atoms with Gasteiger partial charge in [0.15, 0.2) is 0 Å². The van der Waals surface area contributed by atoms with Gasteiger partial charge in [-0.1, -0.05) is 33.1 Å². The minimum Gasteiger partial charge on any atom is -0.300 e. The number of unbranched alkanes of at least 4 members (excludes halogenated alkanes) is 1. The molecular weight excluding hydrogens is 160 g/mol. The van der Waals surface area contributed by atoms with E-state index < -0.39 is 0 Å². The van der Waals surface area contributed by atoms with Crippen molar-refractivity contribution < 1.29 is 4.79 Å². The van der Waals surface area contributed by atoms with Gasteiger partial charge in [-0.2, -0.15) is 0 Å². The summed E-state index contributed by atoms with van der Waals surface area (Å²) in [5.74, 6) is 0.496. The van der Waals surface area contributed by atoms with Crippen LogP contribution in [0.25, 0.3) is 0 Å². The second-order valence-electron chi connectivity index (χ2n) is 4.84. The minimum atomic E-state index is 0.337. The fourth-order valence-electron chi connectivity index (χ4n) is 2.34. The third-order valence-electron chi connectivity index (χ3n) is 3.24. The maximum absolute atomic E-state index is 11.5. The third kappa shape index (κ3) is 3.50. The summed E-state index contributed by atoms with van der Waals surface area (Å²) < 4.78 is 0. The maximum atomic E-state index is 11.5. The molecule has 1 rings (SSSR count). The van der Waals surface area contributed by atoms with Crippen molar-refractivity contribution in [3.8, 4) is 0 Å². The number of ketones is 1. The average molecular weight is 182 g/mol. The van der Waals surface area contributed by atoms with Crippen LogP contribution >= 0.6 is 0 Å². The maximum Gasteiger partial charge on any atom is 0.133 e. The van der Waals surface area contributed by atoms with Gasteiger partial charge in [0.2, 0.25) is 0 Å². The predicted molar refractivity (Wildman–Crippen MR) is 55.7 cm³/mol. The van der Waals surface area contributed by atoms with Gasteiger partial charge in [-0.25, -0.2) is 0 Å². The molecule has 1 nitrogen and oxygen atoms in total. The van der Waals surface area contributed by atoms with Crippen LogP contribution in [0.5, 0.6) is 0 Å². The van der Waals surface area contributed by atoms with Crippen LogP contribution in [-0.4, -0.2) is 5.78 Å². The summed E-state index contributed by atoms with van der Waals surface area (Å²) in [7, 11) is 0. The van der Waals surface area contributed by atoms with E-state index in [0.717, 1.165) is 19.3 Å². The zero-order valence-electron chi connectivity index (χ0n) is 9.07. The fraction of sp³-hybridized carbons (Fsp3) is 0.917. The van der Waals surface area contributed by atoms with Crippen molar-refractivity contribution in [1.82, 2.24) is 0 Å². The Morgan fingerprint density at radius 3 is 2.85 bits per heavy atom. The number of Topliss-reactive ketones (excluding diaryl/α,β-unsaturated/α-hetero) is 1. The Balaban J connectivity index is 2.47. The molecule has 0 amide bonds. The van der Waals surface area contributed by atoms with E-state index in [2.05, 4.69) is 13.8 Å². The highest BCUT2D eigenvalue weighted by atomic mass is 16.1. The summed E-state index contributed by atoms with van der Waals surface area (Å²) in [4.78, 5) is 11.5. The molecule has 0 spiro atoms. The molecule has 0 aromatic heterocycles. The zero-order valence-corrected chi connectivity index (χ0v) is 9.07. The summed E-state index contributed by atoms with van der Waals surface area (Å²) in [6, 6.07) is 0. The molecule has 13 heavy (non-hydrogen) atoms. The molecule has 1 aliphatic carbocycles.